The molecule has 0 radical (unpaired) electrons. The first kappa shape index (κ1) is 14.7. The van der Waals surface area contributed by atoms with Crippen molar-refractivity contribution in [3.05, 3.63) is 22.1 Å². The van der Waals surface area contributed by atoms with Crippen LogP contribution in [0.4, 0.5) is 0 Å². The summed E-state index contributed by atoms with van der Waals surface area (Å²) >= 11 is 0. The lowest BCUT2D eigenvalue weighted by Gasteiger charge is -2.27. The fourth-order valence-electron chi connectivity index (χ4n) is 1.82. The van der Waals surface area contributed by atoms with E-state index in [9.17, 15) is 10.1 Å². The summed E-state index contributed by atoms with van der Waals surface area (Å²) in [6, 6.07) is 0. The van der Waals surface area contributed by atoms with Gasteiger partial charge in [-0.15, -0.1) is 0 Å². The molecule has 0 fully saturated rings. The van der Waals surface area contributed by atoms with Gasteiger partial charge in [0.25, 0.3) is 6.20 Å². The van der Waals surface area contributed by atoms with Gasteiger partial charge in [-0.25, -0.2) is 0 Å². The minimum absolute atomic E-state index is 0.126. The molecule has 5 nitrogen and oxygen atoms in total. The average Bonchev–Trinajstić information content (AvgIpc) is 2.09. The monoisotopic (exact) mass is 229 g/mol. The van der Waals surface area contributed by atoms with Crippen LogP contribution in [0.25, 0.3) is 0 Å². The van der Waals surface area contributed by atoms with Crippen molar-refractivity contribution in [2.75, 3.05) is 13.6 Å². The number of hydrogen-bond acceptors (Lipinski definition) is 4. The van der Waals surface area contributed by atoms with Crippen molar-refractivity contribution in [3.8, 4) is 0 Å². The number of nitrogens with one attached hydrogen (secondary N) is 2. The van der Waals surface area contributed by atoms with Gasteiger partial charge >= 0.3 is 0 Å². The van der Waals surface area contributed by atoms with Crippen LogP contribution >= 0.6 is 0 Å². The van der Waals surface area contributed by atoms with Crippen LogP contribution in [-0.4, -0.2) is 18.5 Å². The third-order valence-electron chi connectivity index (χ3n) is 2.22. The molecule has 16 heavy (non-hydrogen) atoms. The lowest BCUT2D eigenvalue weighted by molar-refractivity contribution is -0.404. The molecule has 0 aromatic rings. The molecule has 0 rings (SSSR count). The Hall–Kier alpha value is -1.26. The molecule has 0 atom stereocenters. The molecule has 5 heteroatoms. The molecule has 2 N–H and O–H groups in total. The highest BCUT2D eigenvalue weighted by molar-refractivity contribution is 4.92. The molecular formula is C11H23N3O2. The molecular weight excluding hydrogens is 206 g/mol. The van der Waals surface area contributed by atoms with Crippen molar-refractivity contribution in [1.29, 1.82) is 0 Å². The van der Waals surface area contributed by atoms with Gasteiger partial charge in [-0.1, -0.05) is 27.7 Å². The standard InChI is InChI=1S/C11H23N3O2/c1-9(2)6-11(3,4)8-13-10(12-5)7-14(15)16/h7,9,12-13H,6,8H2,1-5H3/b10-7+. The number of rotatable bonds is 7. The van der Waals surface area contributed by atoms with Crippen LogP contribution in [0.15, 0.2) is 12.0 Å². The van der Waals surface area contributed by atoms with E-state index in [1.54, 1.807) is 7.05 Å². The summed E-state index contributed by atoms with van der Waals surface area (Å²) in [6.45, 7) is 9.37. The van der Waals surface area contributed by atoms with E-state index in [0.717, 1.165) is 12.6 Å². The molecule has 0 saturated heterocycles. The topological polar surface area (TPSA) is 67.2 Å². The van der Waals surface area contributed by atoms with Crippen molar-refractivity contribution in [2.45, 2.75) is 34.1 Å². The van der Waals surface area contributed by atoms with Crippen LogP contribution in [0, 0.1) is 21.4 Å². The van der Waals surface area contributed by atoms with E-state index < -0.39 is 4.92 Å². The quantitative estimate of drug-likeness (QED) is 0.517. The van der Waals surface area contributed by atoms with Gasteiger partial charge in [-0.2, -0.15) is 0 Å². The summed E-state index contributed by atoms with van der Waals surface area (Å²) in [6.07, 6.45) is 2.03. The minimum Gasteiger partial charge on any atom is -0.370 e. The summed E-state index contributed by atoms with van der Waals surface area (Å²) in [7, 11) is 1.66. The Labute approximate surface area is 97.5 Å². The average molecular weight is 229 g/mol. The zero-order valence-electron chi connectivity index (χ0n) is 10.8. The zero-order valence-corrected chi connectivity index (χ0v) is 10.8. The van der Waals surface area contributed by atoms with Gasteiger partial charge in [0, 0.05) is 13.6 Å². The van der Waals surface area contributed by atoms with E-state index in [1.807, 2.05) is 0 Å². The fourth-order valence-corrected chi connectivity index (χ4v) is 1.82. The second-order valence-corrected chi connectivity index (χ2v) is 5.19. The van der Waals surface area contributed by atoms with E-state index in [0.29, 0.717) is 18.3 Å². The molecule has 0 heterocycles. The molecule has 0 aliphatic rings. The van der Waals surface area contributed by atoms with Crippen molar-refractivity contribution >= 4 is 0 Å². The van der Waals surface area contributed by atoms with Gasteiger partial charge in [0.2, 0.25) is 0 Å². The number of nitrogens with zero attached hydrogens (tertiary/aromatic N) is 1. The highest BCUT2D eigenvalue weighted by Crippen LogP contribution is 2.24. The number of nitro groups is 1. The molecule has 0 saturated carbocycles. The van der Waals surface area contributed by atoms with Crippen LogP contribution in [0.2, 0.25) is 0 Å². The Morgan fingerprint density at radius 1 is 1.50 bits per heavy atom. The highest BCUT2D eigenvalue weighted by Gasteiger charge is 2.19. The van der Waals surface area contributed by atoms with Gasteiger partial charge in [-0.05, 0) is 17.8 Å². The first-order valence-corrected chi connectivity index (χ1v) is 5.54. The van der Waals surface area contributed by atoms with E-state index in [1.165, 1.54) is 0 Å². The Balaban J connectivity index is 4.25. The normalized spacial score (nSPS) is 12.8. The molecule has 0 amide bonds. The SMILES string of the molecule is CN/C(=C\[N+](=O)[O-])NCC(C)(C)CC(C)C. The third kappa shape index (κ3) is 7.09. The lowest BCUT2D eigenvalue weighted by Crippen LogP contribution is -2.34. The Morgan fingerprint density at radius 3 is 2.44 bits per heavy atom. The summed E-state index contributed by atoms with van der Waals surface area (Å²) in [5.41, 5.74) is 0.126. The van der Waals surface area contributed by atoms with E-state index >= 15 is 0 Å². The summed E-state index contributed by atoms with van der Waals surface area (Å²) in [5.74, 6) is 1.07. The molecule has 0 spiro atoms. The van der Waals surface area contributed by atoms with Crippen molar-refractivity contribution in [2.24, 2.45) is 11.3 Å². The summed E-state index contributed by atoms with van der Waals surface area (Å²) in [4.78, 5) is 9.86. The molecule has 0 unspecified atom stereocenters. The van der Waals surface area contributed by atoms with Gasteiger partial charge in [0.05, 0.1) is 4.92 Å². The van der Waals surface area contributed by atoms with Gasteiger partial charge in [-0.3, -0.25) is 10.1 Å². The van der Waals surface area contributed by atoms with Crippen LogP contribution in [-0.2, 0) is 0 Å². The van der Waals surface area contributed by atoms with E-state index in [-0.39, 0.29) is 5.41 Å². The predicted octanol–water partition coefficient (Wildman–Crippen LogP) is 1.94. The largest absolute Gasteiger partial charge is 0.370 e. The summed E-state index contributed by atoms with van der Waals surface area (Å²) < 4.78 is 0. The van der Waals surface area contributed by atoms with Crippen LogP contribution in [0.1, 0.15) is 34.1 Å². The lowest BCUT2D eigenvalue weighted by atomic mass is 9.84. The molecule has 0 aromatic carbocycles. The Bertz CT molecular complexity index is 260. The number of hydrogen-bond donors (Lipinski definition) is 2. The van der Waals surface area contributed by atoms with Crippen LogP contribution in [0.5, 0.6) is 0 Å². The molecule has 0 aromatic heterocycles. The molecule has 0 aliphatic heterocycles. The smallest absolute Gasteiger partial charge is 0.274 e. The van der Waals surface area contributed by atoms with Gasteiger partial charge < -0.3 is 10.6 Å². The molecule has 0 aliphatic carbocycles. The maximum atomic E-state index is 10.3. The maximum Gasteiger partial charge on any atom is 0.274 e. The highest BCUT2D eigenvalue weighted by atomic mass is 16.6. The van der Waals surface area contributed by atoms with E-state index in [2.05, 4.69) is 38.3 Å². The van der Waals surface area contributed by atoms with Crippen molar-refractivity contribution < 1.29 is 4.92 Å². The first-order chi connectivity index (χ1) is 7.26. The second-order valence-electron chi connectivity index (χ2n) is 5.19. The second kappa shape index (κ2) is 6.35. The minimum atomic E-state index is -0.464. The predicted molar refractivity (Wildman–Crippen MR) is 65.4 cm³/mol. The zero-order chi connectivity index (χ0) is 12.8. The Morgan fingerprint density at radius 2 is 2.06 bits per heavy atom. The Kier molecular flexibility index (Phi) is 5.85. The van der Waals surface area contributed by atoms with Gasteiger partial charge in [0.1, 0.15) is 0 Å². The van der Waals surface area contributed by atoms with Crippen molar-refractivity contribution in [3.63, 3.8) is 0 Å². The van der Waals surface area contributed by atoms with Crippen LogP contribution < -0.4 is 10.6 Å². The fraction of sp³-hybridized carbons (Fsp3) is 0.818. The van der Waals surface area contributed by atoms with Crippen molar-refractivity contribution in [1.82, 2.24) is 10.6 Å². The van der Waals surface area contributed by atoms with Crippen LogP contribution in [0.3, 0.4) is 0 Å². The van der Waals surface area contributed by atoms with E-state index in [4.69, 9.17) is 0 Å². The summed E-state index contributed by atoms with van der Waals surface area (Å²) in [5, 5.41) is 16.1. The maximum absolute atomic E-state index is 10.3. The molecule has 0 bridgehead atoms. The third-order valence-corrected chi connectivity index (χ3v) is 2.22. The first-order valence-electron chi connectivity index (χ1n) is 5.54. The van der Waals surface area contributed by atoms with Gasteiger partial charge in [0.15, 0.2) is 5.82 Å². The molecule has 94 valence electrons.